The van der Waals surface area contributed by atoms with E-state index in [1.165, 1.54) is 11.3 Å². The highest BCUT2D eigenvalue weighted by Crippen LogP contribution is 2.37. The van der Waals surface area contributed by atoms with Gasteiger partial charge in [0.1, 0.15) is 10.6 Å². The van der Waals surface area contributed by atoms with Gasteiger partial charge in [0.15, 0.2) is 6.61 Å². The van der Waals surface area contributed by atoms with Crippen LogP contribution in [0.3, 0.4) is 0 Å². The lowest BCUT2D eigenvalue weighted by molar-refractivity contribution is -0.134. The molecule has 0 radical (unpaired) electrons. The number of carbonyl (C=O) groups is 2. The van der Waals surface area contributed by atoms with Crippen molar-refractivity contribution in [1.82, 2.24) is 4.90 Å². The lowest BCUT2D eigenvalue weighted by Gasteiger charge is -2.19. The first-order valence-corrected chi connectivity index (χ1v) is 9.50. The molecule has 1 aromatic carbocycles. The van der Waals surface area contributed by atoms with Crippen molar-refractivity contribution in [1.29, 1.82) is 0 Å². The van der Waals surface area contributed by atoms with Crippen LogP contribution in [-0.2, 0) is 9.53 Å². The van der Waals surface area contributed by atoms with Gasteiger partial charge in [-0.05, 0) is 31.0 Å². The molecule has 0 aliphatic carbocycles. The van der Waals surface area contributed by atoms with Gasteiger partial charge in [0.2, 0.25) is 0 Å². The predicted octanol–water partition coefficient (Wildman–Crippen LogP) is 4.12. The number of nitrogens with zero attached hydrogens (tertiary/aromatic N) is 1. The molecule has 1 aromatic heterocycles. The Morgan fingerprint density at radius 2 is 1.92 bits per heavy atom. The molecule has 1 fully saturated rings. The van der Waals surface area contributed by atoms with Gasteiger partial charge in [0.25, 0.3) is 5.91 Å². The Labute approximate surface area is 155 Å². The van der Waals surface area contributed by atoms with E-state index in [9.17, 15) is 9.59 Å². The van der Waals surface area contributed by atoms with Crippen molar-refractivity contribution in [3.05, 3.63) is 28.1 Å². The molecule has 2 heterocycles. The van der Waals surface area contributed by atoms with E-state index in [0.29, 0.717) is 15.6 Å². The summed E-state index contributed by atoms with van der Waals surface area (Å²) in [6.45, 7) is 1.23. The Morgan fingerprint density at radius 3 is 2.60 bits per heavy atom. The Hall–Kier alpha value is -1.79. The SMILES string of the molecule is COc1ccc2c(Cl)c(C(=O)OCC(=O)N3CCCCCC3)sc2c1. The van der Waals surface area contributed by atoms with Crippen LogP contribution < -0.4 is 4.74 Å². The molecule has 134 valence electrons. The molecular formula is C18H20ClNO4S. The third kappa shape index (κ3) is 4.07. The Balaban J connectivity index is 1.67. The average Bonchev–Trinajstić information content (AvgIpc) is 2.81. The minimum absolute atomic E-state index is 0.144. The Kier molecular flexibility index (Phi) is 5.81. The number of likely N-dealkylation sites (tertiary alicyclic amines) is 1. The van der Waals surface area contributed by atoms with Gasteiger partial charge in [0, 0.05) is 23.2 Å². The van der Waals surface area contributed by atoms with Gasteiger partial charge < -0.3 is 14.4 Å². The lowest BCUT2D eigenvalue weighted by atomic mass is 10.2. The number of carbonyl (C=O) groups excluding carboxylic acids is 2. The van der Waals surface area contributed by atoms with Crippen LogP contribution in [0.5, 0.6) is 5.75 Å². The molecule has 1 aliphatic heterocycles. The summed E-state index contributed by atoms with van der Waals surface area (Å²) in [5.74, 6) is -0.0100. The van der Waals surface area contributed by atoms with E-state index < -0.39 is 5.97 Å². The summed E-state index contributed by atoms with van der Waals surface area (Å²) < 4.78 is 11.2. The zero-order chi connectivity index (χ0) is 17.8. The van der Waals surface area contributed by atoms with Crippen molar-refractivity contribution in [3.8, 4) is 5.75 Å². The van der Waals surface area contributed by atoms with E-state index in [0.717, 1.165) is 48.9 Å². The number of fused-ring (bicyclic) bond motifs is 1. The molecule has 0 unspecified atom stereocenters. The van der Waals surface area contributed by atoms with Crippen LogP contribution in [0.2, 0.25) is 5.02 Å². The molecular weight excluding hydrogens is 362 g/mol. The fourth-order valence-corrected chi connectivity index (χ4v) is 4.34. The molecule has 0 saturated carbocycles. The zero-order valence-electron chi connectivity index (χ0n) is 14.0. The zero-order valence-corrected chi connectivity index (χ0v) is 15.6. The van der Waals surface area contributed by atoms with Crippen LogP contribution in [-0.4, -0.2) is 43.6 Å². The van der Waals surface area contributed by atoms with E-state index >= 15 is 0 Å². The summed E-state index contributed by atoms with van der Waals surface area (Å²) >= 11 is 7.55. The number of hydrogen-bond donors (Lipinski definition) is 0. The fraction of sp³-hybridized carbons (Fsp3) is 0.444. The second-order valence-corrected chi connectivity index (χ2v) is 7.41. The van der Waals surface area contributed by atoms with Crippen LogP contribution >= 0.6 is 22.9 Å². The number of ether oxygens (including phenoxy) is 2. The molecule has 0 atom stereocenters. The maximum absolute atomic E-state index is 12.3. The number of amides is 1. The third-order valence-corrected chi connectivity index (χ3v) is 5.94. The Morgan fingerprint density at radius 1 is 1.20 bits per heavy atom. The van der Waals surface area contributed by atoms with Crippen molar-refractivity contribution in [2.45, 2.75) is 25.7 Å². The normalized spacial score (nSPS) is 15.0. The molecule has 2 aromatic rings. The van der Waals surface area contributed by atoms with Gasteiger partial charge in [-0.15, -0.1) is 11.3 Å². The molecule has 3 rings (SSSR count). The highest BCUT2D eigenvalue weighted by atomic mass is 35.5. The number of benzene rings is 1. The molecule has 0 bridgehead atoms. The van der Waals surface area contributed by atoms with Gasteiger partial charge in [0.05, 0.1) is 12.1 Å². The third-order valence-electron chi connectivity index (χ3n) is 4.31. The van der Waals surface area contributed by atoms with Gasteiger partial charge in [-0.1, -0.05) is 24.4 Å². The van der Waals surface area contributed by atoms with Crippen LogP contribution in [0.25, 0.3) is 10.1 Å². The molecule has 0 spiro atoms. The molecule has 25 heavy (non-hydrogen) atoms. The monoisotopic (exact) mass is 381 g/mol. The predicted molar refractivity (Wildman–Crippen MR) is 98.7 cm³/mol. The summed E-state index contributed by atoms with van der Waals surface area (Å²) in [4.78, 5) is 26.7. The minimum Gasteiger partial charge on any atom is -0.497 e. The van der Waals surface area contributed by atoms with Crippen LogP contribution in [0.1, 0.15) is 35.4 Å². The van der Waals surface area contributed by atoms with E-state index in [4.69, 9.17) is 21.1 Å². The topological polar surface area (TPSA) is 55.8 Å². The van der Waals surface area contributed by atoms with Crippen molar-refractivity contribution in [3.63, 3.8) is 0 Å². The van der Waals surface area contributed by atoms with Crippen LogP contribution in [0, 0.1) is 0 Å². The van der Waals surface area contributed by atoms with Gasteiger partial charge in [-0.25, -0.2) is 4.79 Å². The number of hydrogen-bond acceptors (Lipinski definition) is 5. The summed E-state index contributed by atoms with van der Waals surface area (Å²) in [6, 6.07) is 5.43. The van der Waals surface area contributed by atoms with Crippen molar-refractivity contribution in [2.75, 3.05) is 26.8 Å². The minimum atomic E-state index is -0.562. The second-order valence-electron chi connectivity index (χ2n) is 5.98. The maximum Gasteiger partial charge on any atom is 0.350 e. The van der Waals surface area contributed by atoms with Gasteiger partial charge in [-0.3, -0.25) is 4.79 Å². The number of methoxy groups -OCH3 is 1. The van der Waals surface area contributed by atoms with E-state index in [1.807, 2.05) is 12.1 Å². The van der Waals surface area contributed by atoms with E-state index in [1.54, 1.807) is 18.1 Å². The molecule has 1 aliphatic rings. The number of halogens is 1. The van der Waals surface area contributed by atoms with Gasteiger partial charge >= 0.3 is 5.97 Å². The highest BCUT2D eigenvalue weighted by molar-refractivity contribution is 7.21. The van der Waals surface area contributed by atoms with Crippen LogP contribution in [0.15, 0.2) is 18.2 Å². The first kappa shape index (κ1) is 18.0. The summed E-state index contributed by atoms with van der Waals surface area (Å²) in [6.07, 6.45) is 4.29. The summed E-state index contributed by atoms with van der Waals surface area (Å²) in [7, 11) is 1.58. The smallest absolute Gasteiger partial charge is 0.350 e. The molecule has 1 saturated heterocycles. The molecule has 0 N–H and O–H groups in total. The first-order valence-electron chi connectivity index (χ1n) is 8.31. The Bertz CT molecular complexity index is 781. The van der Waals surface area contributed by atoms with Gasteiger partial charge in [-0.2, -0.15) is 0 Å². The van der Waals surface area contributed by atoms with Crippen LogP contribution in [0.4, 0.5) is 0 Å². The highest BCUT2D eigenvalue weighted by Gasteiger charge is 2.22. The molecule has 7 heteroatoms. The maximum atomic E-state index is 12.3. The number of thiophene rings is 1. The summed E-state index contributed by atoms with van der Waals surface area (Å²) in [5.41, 5.74) is 0. The standard InChI is InChI=1S/C18H20ClNO4S/c1-23-12-6-7-13-14(10-12)25-17(16(13)19)18(22)24-11-15(21)20-8-4-2-3-5-9-20/h6-7,10H,2-5,8-9,11H2,1H3. The lowest BCUT2D eigenvalue weighted by Crippen LogP contribution is -2.35. The first-order chi connectivity index (χ1) is 12.1. The second kappa shape index (κ2) is 8.06. The summed E-state index contributed by atoms with van der Waals surface area (Å²) in [5, 5.41) is 1.13. The average molecular weight is 382 g/mol. The quantitative estimate of drug-likeness (QED) is 0.747. The molecule has 1 amide bonds. The van der Waals surface area contributed by atoms with E-state index in [-0.39, 0.29) is 12.5 Å². The van der Waals surface area contributed by atoms with Crippen molar-refractivity contribution >= 4 is 44.9 Å². The van der Waals surface area contributed by atoms with Crippen molar-refractivity contribution in [2.24, 2.45) is 0 Å². The van der Waals surface area contributed by atoms with E-state index in [2.05, 4.69) is 0 Å². The number of esters is 1. The molecule has 5 nitrogen and oxygen atoms in total. The largest absolute Gasteiger partial charge is 0.497 e. The fourth-order valence-electron chi connectivity index (χ4n) is 2.91. The number of rotatable bonds is 4. The van der Waals surface area contributed by atoms with Crippen molar-refractivity contribution < 1.29 is 19.1 Å².